The van der Waals surface area contributed by atoms with Crippen LogP contribution in [0.25, 0.3) is 5.65 Å². The van der Waals surface area contributed by atoms with E-state index in [-0.39, 0.29) is 5.56 Å². The first-order valence-corrected chi connectivity index (χ1v) is 9.73. The lowest BCUT2D eigenvalue weighted by molar-refractivity contribution is 1.00. The van der Waals surface area contributed by atoms with Gasteiger partial charge in [0.25, 0.3) is 5.56 Å². The standard InChI is InChI=1S/C18H18N2OS2/c1-13-3-8-17-19-15(9-18(21)20(17)10-13)12-23-11-14-4-6-16(22-2)7-5-14/h3-10H,11-12H2,1-2H3. The smallest absolute Gasteiger partial charge is 0.258 e. The Morgan fingerprint density at radius 2 is 1.87 bits per heavy atom. The van der Waals surface area contributed by atoms with Crippen LogP contribution in [-0.2, 0) is 11.5 Å². The molecule has 0 aliphatic rings. The zero-order valence-corrected chi connectivity index (χ0v) is 14.8. The fourth-order valence-electron chi connectivity index (χ4n) is 2.33. The minimum absolute atomic E-state index is 0.0152. The average molecular weight is 342 g/mol. The first kappa shape index (κ1) is 16.1. The van der Waals surface area contributed by atoms with Crippen LogP contribution in [0.1, 0.15) is 16.8 Å². The summed E-state index contributed by atoms with van der Waals surface area (Å²) in [6, 6.07) is 14.1. The number of fused-ring (bicyclic) bond motifs is 1. The number of aromatic nitrogens is 2. The summed E-state index contributed by atoms with van der Waals surface area (Å²) in [6.07, 6.45) is 3.91. The fourth-order valence-corrected chi connectivity index (χ4v) is 3.62. The molecule has 0 saturated carbocycles. The zero-order chi connectivity index (χ0) is 16.2. The highest BCUT2D eigenvalue weighted by Crippen LogP contribution is 2.20. The van der Waals surface area contributed by atoms with Crippen molar-refractivity contribution in [1.82, 2.24) is 9.38 Å². The molecule has 3 rings (SSSR count). The van der Waals surface area contributed by atoms with Gasteiger partial charge >= 0.3 is 0 Å². The molecule has 3 nitrogen and oxygen atoms in total. The van der Waals surface area contributed by atoms with E-state index in [0.717, 1.165) is 22.8 Å². The molecule has 0 saturated heterocycles. The summed E-state index contributed by atoms with van der Waals surface area (Å²) in [5, 5.41) is 0. The first-order chi connectivity index (χ1) is 11.2. The van der Waals surface area contributed by atoms with Crippen molar-refractivity contribution in [1.29, 1.82) is 0 Å². The Kier molecular flexibility index (Phi) is 5.08. The molecule has 0 unspecified atom stereocenters. The summed E-state index contributed by atoms with van der Waals surface area (Å²) in [7, 11) is 0. The van der Waals surface area contributed by atoms with E-state index >= 15 is 0 Å². The van der Waals surface area contributed by atoms with Crippen molar-refractivity contribution in [3.8, 4) is 0 Å². The maximum absolute atomic E-state index is 12.2. The quantitative estimate of drug-likeness (QED) is 0.652. The SMILES string of the molecule is CSc1ccc(CSCc2cc(=O)n3cc(C)ccc3n2)cc1. The second-order valence-electron chi connectivity index (χ2n) is 5.36. The molecular weight excluding hydrogens is 324 g/mol. The number of thioether (sulfide) groups is 2. The van der Waals surface area contributed by atoms with Gasteiger partial charge in [0.15, 0.2) is 0 Å². The molecule has 0 aliphatic heterocycles. The lowest BCUT2D eigenvalue weighted by Crippen LogP contribution is -2.15. The zero-order valence-electron chi connectivity index (χ0n) is 13.2. The van der Waals surface area contributed by atoms with E-state index in [4.69, 9.17) is 0 Å². The summed E-state index contributed by atoms with van der Waals surface area (Å²) in [5.41, 5.74) is 3.88. The van der Waals surface area contributed by atoms with Gasteiger partial charge in [0.05, 0.1) is 5.69 Å². The molecule has 2 heterocycles. The third-order valence-electron chi connectivity index (χ3n) is 3.54. The van der Waals surface area contributed by atoms with Crippen LogP contribution in [0.15, 0.2) is 58.4 Å². The summed E-state index contributed by atoms with van der Waals surface area (Å²) >= 11 is 3.52. The Morgan fingerprint density at radius 3 is 2.61 bits per heavy atom. The van der Waals surface area contributed by atoms with Crippen molar-refractivity contribution in [2.75, 3.05) is 6.26 Å². The molecule has 0 atom stereocenters. The molecule has 5 heteroatoms. The summed E-state index contributed by atoms with van der Waals surface area (Å²) < 4.78 is 1.60. The second kappa shape index (κ2) is 7.23. The Balaban J connectivity index is 1.69. The minimum Gasteiger partial charge on any atom is -0.269 e. The fraction of sp³-hybridized carbons (Fsp3) is 0.222. The largest absolute Gasteiger partial charge is 0.269 e. The highest BCUT2D eigenvalue weighted by molar-refractivity contribution is 7.98. The molecule has 3 aromatic rings. The van der Waals surface area contributed by atoms with E-state index in [1.165, 1.54) is 10.5 Å². The molecule has 0 N–H and O–H groups in total. The van der Waals surface area contributed by atoms with E-state index in [0.29, 0.717) is 5.65 Å². The van der Waals surface area contributed by atoms with Gasteiger partial charge in [-0.15, -0.1) is 11.8 Å². The highest BCUT2D eigenvalue weighted by atomic mass is 32.2. The number of nitrogens with zero attached hydrogens (tertiary/aromatic N) is 2. The van der Waals surface area contributed by atoms with E-state index in [9.17, 15) is 4.79 Å². The molecule has 1 aromatic carbocycles. The van der Waals surface area contributed by atoms with Crippen LogP contribution in [0.5, 0.6) is 0 Å². The molecule has 0 radical (unpaired) electrons. The molecule has 0 aliphatic carbocycles. The van der Waals surface area contributed by atoms with Gasteiger partial charge in [0.1, 0.15) is 5.65 Å². The van der Waals surface area contributed by atoms with Crippen molar-refractivity contribution < 1.29 is 0 Å². The predicted octanol–water partition coefficient (Wildman–Crippen LogP) is 4.16. The monoisotopic (exact) mass is 342 g/mol. The number of benzene rings is 1. The lowest BCUT2D eigenvalue weighted by Gasteiger charge is -2.06. The molecule has 118 valence electrons. The van der Waals surface area contributed by atoms with E-state index in [1.54, 1.807) is 34.0 Å². The van der Waals surface area contributed by atoms with Crippen molar-refractivity contribution in [2.24, 2.45) is 0 Å². The molecule has 0 fully saturated rings. The second-order valence-corrected chi connectivity index (χ2v) is 7.23. The average Bonchev–Trinajstić information content (AvgIpc) is 2.56. The minimum atomic E-state index is -0.0152. The number of hydrogen-bond acceptors (Lipinski definition) is 4. The van der Waals surface area contributed by atoms with Crippen LogP contribution in [0.4, 0.5) is 0 Å². The Labute approximate surface area is 144 Å². The number of rotatable bonds is 5. The molecule has 23 heavy (non-hydrogen) atoms. The van der Waals surface area contributed by atoms with Gasteiger partial charge in [-0.2, -0.15) is 11.8 Å². The third kappa shape index (κ3) is 3.98. The maximum Gasteiger partial charge on any atom is 0.258 e. The van der Waals surface area contributed by atoms with Crippen LogP contribution in [0, 0.1) is 6.92 Å². The van der Waals surface area contributed by atoms with Crippen LogP contribution in [0.2, 0.25) is 0 Å². The van der Waals surface area contributed by atoms with Crippen molar-refractivity contribution >= 4 is 29.2 Å². The first-order valence-electron chi connectivity index (χ1n) is 7.35. The van der Waals surface area contributed by atoms with E-state index in [2.05, 4.69) is 35.5 Å². The lowest BCUT2D eigenvalue weighted by atomic mass is 10.2. The van der Waals surface area contributed by atoms with Crippen LogP contribution in [0.3, 0.4) is 0 Å². The van der Waals surface area contributed by atoms with Gasteiger partial charge < -0.3 is 0 Å². The molecule has 0 amide bonds. The Morgan fingerprint density at radius 1 is 1.09 bits per heavy atom. The van der Waals surface area contributed by atoms with Crippen molar-refractivity contribution in [3.63, 3.8) is 0 Å². The Bertz CT molecular complexity index is 872. The predicted molar refractivity (Wildman–Crippen MR) is 99.4 cm³/mol. The van der Waals surface area contributed by atoms with E-state index < -0.39 is 0 Å². The van der Waals surface area contributed by atoms with Crippen LogP contribution < -0.4 is 5.56 Å². The van der Waals surface area contributed by atoms with Crippen molar-refractivity contribution in [3.05, 3.63) is 75.8 Å². The van der Waals surface area contributed by atoms with E-state index in [1.807, 2.05) is 25.3 Å². The van der Waals surface area contributed by atoms with Gasteiger partial charge in [-0.3, -0.25) is 9.20 Å². The van der Waals surface area contributed by atoms with Gasteiger partial charge in [-0.05, 0) is 42.5 Å². The highest BCUT2D eigenvalue weighted by Gasteiger charge is 2.03. The number of hydrogen-bond donors (Lipinski definition) is 0. The van der Waals surface area contributed by atoms with Crippen LogP contribution in [-0.4, -0.2) is 15.6 Å². The topological polar surface area (TPSA) is 34.4 Å². The molecule has 2 aromatic heterocycles. The summed E-state index contributed by atoms with van der Waals surface area (Å²) in [6.45, 7) is 1.97. The third-order valence-corrected chi connectivity index (χ3v) is 5.32. The molecular formula is C18H18N2OS2. The Hall–Kier alpha value is -1.72. The van der Waals surface area contributed by atoms with Gasteiger partial charge in [-0.1, -0.05) is 18.2 Å². The van der Waals surface area contributed by atoms with Gasteiger partial charge in [0, 0.05) is 28.7 Å². The number of pyridine rings is 1. The normalized spacial score (nSPS) is 11.0. The number of aryl methyl sites for hydroxylation is 1. The van der Waals surface area contributed by atoms with Crippen LogP contribution >= 0.6 is 23.5 Å². The van der Waals surface area contributed by atoms with Gasteiger partial charge in [0.2, 0.25) is 0 Å². The summed E-state index contributed by atoms with van der Waals surface area (Å²) in [4.78, 5) is 18.0. The molecule has 0 bridgehead atoms. The summed E-state index contributed by atoms with van der Waals surface area (Å²) in [5.74, 6) is 1.66. The molecule has 0 spiro atoms. The maximum atomic E-state index is 12.2. The van der Waals surface area contributed by atoms with Gasteiger partial charge in [-0.25, -0.2) is 4.98 Å². The van der Waals surface area contributed by atoms with Crippen molar-refractivity contribution in [2.45, 2.75) is 23.3 Å².